The lowest BCUT2D eigenvalue weighted by Crippen LogP contribution is -2.36. The monoisotopic (exact) mass is 576 g/mol. The Balaban J connectivity index is 1.40. The second-order valence-corrected chi connectivity index (χ2v) is 12.7. The van der Waals surface area contributed by atoms with Crippen LogP contribution in [0.25, 0.3) is 0 Å². The molecule has 0 radical (unpaired) electrons. The Kier molecular flexibility index (Phi) is 7.96. The molecule has 5 rings (SSSR count). The van der Waals surface area contributed by atoms with Gasteiger partial charge in [0.15, 0.2) is 0 Å². The van der Waals surface area contributed by atoms with Gasteiger partial charge in [0.2, 0.25) is 16.0 Å². The standard InChI is InChI=1S/C27H34F2N6O4S/c1-18-15-23(32-26(30-18)35-10-2-3-19(17-35)24(28)29)31-25(37)21-5-4-20(33-40(38,39)14-13-36)16-22(21)34-11-8-27(6-7-27)9-12-34/h4-5,15-16,33,36H,2-3,6-14,17H2,1H3,(H,30,31,32,37). The Morgan fingerprint density at radius 3 is 2.50 bits per heavy atom. The molecule has 0 atom stereocenters. The predicted octanol–water partition coefficient (Wildman–Crippen LogP) is 3.90. The lowest BCUT2D eigenvalue weighted by Gasteiger charge is -2.35. The Hall–Kier alpha value is -3.32. The van der Waals surface area contributed by atoms with Gasteiger partial charge in [0.05, 0.1) is 29.3 Å². The molecule has 1 spiro atoms. The van der Waals surface area contributed by atoms with Gasteiger partial charge < -0.3 is 20.2 Å². The van der Waals surface area contributed by atoms with Gasteiger partial charge in [-0.3, -0.25) is 9.52 Å². The molecular formula is C27H34F2N6O4S. The van der Waals surface area contributed by atoms with Crippen molar-refractivity contribution in [2.24, 2.45) is 5.41 Å². The van der Waals surface area contributed by atoms with E-state index in [4.69, 9.17) is 5.11 Å². The topological polar surface area (TPSA) is 128 Å². The number of halogens is 2. The summed E-state index contributed by atoms with van der Waals surface area (Å²) < 4.78 is 53.5. The number of aliphatic hydroxyl groups is 1. The highest BCUT2D eigenvalue weighted by Gasteiger charge is 2.44. The summed E-state index contributed by atoms with van der Waals surface area (Å²) in [5, 5.41) is 11.9. The average molecular weight is 577 g/mol. The third kappa shape index (κ3) is 6.52. The summed E-state index contributed by atoms with van der Waals surface area (Å²) in [7, 11) is -3.74. The van der Waals surface area contributed by atoms with Crippen LogP contribution in [0.4, 0.5) is 31.9 Å². The first-order valence-corrected chi connectivity index (χ1v) is 15.2. The number of aliphatic hydroxyl groups excluding tert-OH is 1. The number of rotatable bonds is 8. The van der Waals surface area contributed by atoms with Gasteiger partial charge in [-0.1, -0.05) is 0 Å². The molecule has 3 fully saturated rings. The van der Waals surface area contributed by atoms with Crippen LogP contribution in [0.3, 0.4) is 0 Å². The normalized spacial score (nSPS) is 18.6. The lowest BCUT2D eigenvalue weighted by molar-refractivity contribution is 0.102. The molecule has 1 aromatic carbocycles. The number of nitrogens with zero attached hydrogens (tertiary/aromatic N) is 4. The van der Waals surface area contributed by atoms with Crippen LogP contribution in [0.15, 0.2) is 35.9 Å². The molecule has 1 amide bonds. The Labute approximate surface area is 232 Å². The number of benzene rings is 1. The predicted molar refractivity (Wildman–Crippen MR) is 149 cm³/mol. The van der Waals surface area contributed by atoms with Crippen LogP contribution in [0.5, 0.6) is 0 Å². The number of hydrogen-bond donors (Lipinski definition) is 3. The maximum Gasteiger partial charge on any atom is 0.271 e. The number of piperidine rings is 2. The van der Waals surface area contributed by atoms with E-state index in [2.05, 4.69) is 24.9 Å². The first kappa shape index (κ1) is 28.2. The number of aryl methyl sites for hydroxylation is 1. The molecule has 3 aliphatic rings. The molecule has 40 heavy (non-hydrogen) atoms. The van der Waals surface area contributed by atoms with E-state index in [0.29, 0.717) is 47.4 Å². The fourth-order valence-electron chi connectivity index (χ4n) is 5.44. The van der Waals surface area contributed by atoms with Crippen molar-refractivity contribution in [2.75, 3.05) is 58.4 Å². The Morgan fingerprint density at radius 2 is 1.82 bits per heavy atom. The van der Waals surface area contributed by atoms with E-state index in [1.54, 1.807) is 30.0 Å². The zero-order valence-corrected chi connectivity index (χ0v) is 23.2. The number of anilines is 4. The minimum Gasteiger partial charge on any atom is -0.395 e. The fourth-order valence-corrected chi connectivity index (χ4v) is 6.27. The Morgan fingerprint density at radius 1 is 1.07 bits per heavy atom. The van der Waals surface area contributed by atoms with Gasteiger partial charge in [-0.25, -0.2) is 13.4 Å². The van der Waals surface area contributed by atoms with Crippen LogP contribution < -0.4 is 19.8 Å². The molecule has 10 nitrogen and oxygen atoms in total. The first-order chi connectivity index (χ1) is 19.1. The van der Waals surface area contributed by atoms with Crippen LogP contribution in [0.1, 0.15) is 54.6 Å². The third-order valence-corrected chi connectivity index (χ3v) is 9.19. The minimum atomic E-state index is -3.74. The molecule has 3 N–H and O–H groups in total. The van der Waals surface area contributed by atoms with Crippen molar-refractivity contribution in [1.82, 2.24) is 9.97 Å². The van der Waals surface area contributed by atoms with Crippen molar-refractivity contribution in [3.05, 3.63) is 47.2 Å². The van der Waals surface area contributed by atoms with Gasteiger partial charge >= 0.3 is 0 Å². The van der Waals surface area contributed by atoms with Gasteiger partial charge in [0, 0.05) is 43.5 Å². The average Bonchev–Trinajstić information content (AvgIpc) is 3.67. The molecule has 2 saturated heterocycles. The number of amides is 1. The van der Waals surface area contributed by atoms with Crippen LogP contribution in [0.2, 0.25) is 0 Å². The highest BCUT2D eigenvalue weighted by atomic mass is 32.2. The highest BCUT2D eigenvalue weighted by Crippen LogP contribution is 2.54. The van der Waals surface area contributed by atoms with E-state index in [-0.39, 0.29) is 23.9 Å². The number of aromatic nitrogens is 2. The van der Waals surface area contributed by atoms with E-state index in [9.17, 15) is 22.0 Å². The van der Waals surface area contributed by atoms with Gasteiger partial charge in [0.25, 0.3) is 12.0 Å². The molecule has 0 unspecified atom stereocenters. The van der Waals surface area contributed by atoms with Gasteiger partial charge in [0.1, 0.15) is 5.82 Å². The van der Waals surface area contributed by atoms with E-state index < -0.39 is 34.4 Å². The van der Waals surface area contributed by atoms with E-state index in [1.165, 1.54) is 18.9 Å². The van der Waals surface area contributed by atoms with E-state index >= 15 is 0 Å². The molecule has 2 aromatic rings. The largest absolute Gasteiger partial charge is 0.395 e. The molecule has 13 heteroatoms. The number of nitrogens with one attached hydrogen (secondary N) is 2. The van der Waals surface area contributed by atoms with Crippen molar-refractivity contribution in [3.8, 4) is 0 Å². The van der Waals surface area contributed by atoms with Crippen molar-refractivity contribution in [1.29, 1.82) is 0 Å². The Bertz CT molecular complexity index is 1420. The molecule has 1 saturated carbocycles. The van der Waals surface area contributed by atoms with Crippen molar-refractivity contribution < 1.29 is 27.1 Å². The molecule has 3 heterocycles. The molecule has 0 bridgehead atoms. The maximum atomic E-state index is 13.6. The number of hydrogen-bond acceptors (Lipinski definition) is 8. The van der Waals surface area contributed by atoms with Crippen LogP contribution in [-0.2, 0) is 10.0 Å². The molecule has 1 aliphatic carbocycles. The number of carbonyl (C=O) groups excluding carboxylic acids is 1. The van der Waals surface area contributed by atoms with Crippen molar-refractivity contribution in [2.45, 2.75) is 45.4 Å². The summed E-state index contributed by atoms with van der Waals surface area (Å²) in [5.74, 6) is -0.338. The molecule has 1 aromatic heterocycles. The van der Waals surface area contributed by atoms with Gasteiger partial charge in [-0.05, 0) is 69.1 Å². The van der Waals surface area contributed by atoms with E-state index in [1.807, 2.05) is 0 Å². The highest BCUT2D eigenvalue weighted by molar-refractivity contribution is 7.92. The second-order valence-electron chi connectivity index (χ2n) is 10.9. The zero-order chi connectivity index (χ0) is 28.5. The fraction of sp³-hybridized carbons (Fsp3) is 0.519. The molecular weight excluding hydrogens is 542 g/mol. The maximum absolute atomic E-state index is 13.6. The first-order valence-electron chi connectivity index (χ1n) is 13.5. The van der Waals surface area contributed by atoms with Crippen LogP contribution >= 0.6 is 0 Å². The summed E-state index contributed by atoms with van der Waals surface area (Å²) in [6, 6.07) is 6.36. The third-order valence-electron chi connectivity index (χ3n) is 7.92. The van der Waals surface area contributed by atoms with Gasteiger partial charge in [-0.15, -0.1) is 0 Å². The number of sulfonamides is 1. The van der Waals surface area contributed by atoms with Gasteiger partial charge in [-0.2, -0.15) is 13.8 Å². The smallest absolute Gasteiger partial charge is 0.271 e. The van der Waals surface area contributed by atoms with Crippen LogP contribution in [0, 0.1) is 12.3 Å². The SMILES string of the molecule is Cc1cc(NC(=O)c2ccc(NS(=O)(=O)CCO)cc2N2CCC3(CC2)CC3)nc(N2CCCC(=C(F)F)C2)n1. The van der Waals surface area contributed by atoms with Crippen LogP contribution in [-0.4, -0.2) is 67.9 Å². The summed E-state index contributed by atoms with van der Waals surface area (Å²) >= 11 is 0. The summed E-state index contributed by atoms with van der Waals surface area (Å²) in [5.41, 5.74) is 2.32. The summed E-state index contributed by atoms with van der Waals surface area (Å²) in [4.78, 5) is 26.2. The summed E-state index contributed by atoms with van der Waals surface area (Å²) in [6.45, 7) is 3.31. The molecule has 216 valence electrons. The quantitative estimate of drug-likeness (QED) is 0.432. The zero-order valence-electron chi connectivity index (χ0n) is 22.4. The minimum absolute atomic E-state index is 0.0351. The lowest BCUT2D eigenvalue weighted by atomic mass is 9.93. The summed E-state index contributed by atoms with van der Waals surface area (Å²) in [6.07, 6.45) is 3.67. The van der Waals surface area contributed by atoms with Crippen molar-refractivity contribution in [3.63, 3.8) is 0 Å². The van der Waals surface area contributed by atoms with Crippen molar-refractivity contribution >= 4 is 39.1 Å². The number of carbonyl (C=O) groups is 1. The second kappa shape index (κ2) is 11.3. The molecule has 2 aliphatic heterocycles. The van der Waals surface area contributed by atoms with E-state index in [0.717, 1.165) is 25.9 Å².